The molecule has 0 fully saturated rings. The van der Waals surface area contributed by atoms with Crippen molar-refractivity contribution in [2.45, 2.75) is 20.0 Å². The highest BCUT2D eigenvalue weighted by Crippen LogP contribution is 2.27. The standard InChI is InChI=1S/C14H16O4/c1-9(2)11-7-5-6-8-12(11)13(14(16)17-4)18-10(3)15/h5-8,13H,1H2,2-4H3. The van der Waals surface area contributed by atoms with Crippen LogP contribution in [0, 0.1) is 0 Å². The Hall–Kier alpha value is -2.10. The molecule has 0 bridgehead atoms. The molecular formula is C14H16O4. The maximum Gasteiger partial charge on any atom is 0.351 e. The molecule has 1 rings (SSSR count). The summed E-state index contributed by atoms with van der Waals surface area (Å²) < 4.78 is 9.68. The normalized spacial score (nSPS) is 11.5. The molecule has 0 saturated heterocycles. The van der Waals surface area contributed by atoms with Gasteiger partial charge in [-0.15, -0.1) is 0 Å². The average molecular weight is 248 g/mol. The molecule has 0 spiro atoms. The number of methoxy groups -OCH3 is 1. The van der Waals surface area contributed by atoms with Crippen molar-refractivity contribution in [1.82, 2.24) is 0 Å². The highest BCUT2D eigenvalue weighted by Gasteiger charge is 2.26. The lowest BCUT2D eigenvalue weighted by Crippen LogP contribution is -2.20. The second-order valence-electron chi connectivity index (χ2n) is 3.88. The van der Waals surface area contributed by atoms with E-state index < -0.39 is 18.0 Å². The fourth-order valence-corrected chi connectivity index (χ4v) is 1.63. The molecule has 1 aromatic carbocycles. The predicted octanol–water partition coefficient (Wildman–Crippen LogP) is 2.50. The predicted molar refractivity (Wildman–Crippen MR) is 67.7 cm³/mol. The number of allylic oxidation sites excluding steroid dienone is 1. The Morgan fingerprint density at radius 2 is 1.83 bits per heavy atom. The van der Waals surface area contributed by atoms with Crippen LogP contribution in [0.2, 0.25) is 0 Å². The van der Waals surface area contributed by atoms with Gasteiger partial charge in [0.25, 0.3) is 0 Å². The summed E-state index contributed by atoms with van der Waals surface area (Å²) >= 11 is 0. The van der Waals surface area contributed by atoms with Gasteiger partial charge in [-0.3, -0.25) is 4.79 Å². The number of esters is 2. The minimum absolute atomic E-state index is 0.540. The third kappa shape index (κ3) is 3.20. The minimum Gasteiger partial charge on any atom is -0.466 e. The highest BCUT2D eigenvalue weighted by molar-refractivity contribution is 5.82. The van der Waals surface area contributed by atoms with E-state index >= 15 is 0 Å². The van der Waals surface area contributed by atoms with Crippen LogP contribution < -0.4 is 0 Å². The maximum atomic E-state index is 11.7. The number of rotatable bonds is 4. The van der Waals surface area contributed by atoms with E-state index in [4.69, 9.17) is 4.74 Å². The Balaban J connectivity index is 3.24. The molecule has 0 saturated carbocycles. The first kappa shape index (κ1) is 14.0. The molecule has 0 aliphatic carbocycles. The van der Waals surface area contributed by atoms with Crippen molar-refractivity contribution in [3.05, 3.63) is 42.0 Å². The van der Waals surface area contributed by atoms with Crippen LogP contribution in [0.25, 0.3) is 5.57 Å². The summed E-state index contributed by atoms with van der Waals surface area (Å²) in [5.41, 5.74) is 2.13. The van der Waals surface area contributed by atoms with Gasteiger partial charge in [-0.2, -0.15) is 0 Å². The Morgan fingerprint density at radius 1 is 1.22 bits per heavy atom. The number of hydrogen-bond acceptors (Lipinski definition) is 4. The van der Waals surface area contributed by atoms with Gasteiger partial charge in [0.2, 0.25) is 6.10 Å². The lowest BCUT2D eigenvalue weighted by atomic mass is 9.98. The van der Waals surface area contributed by atoms with Gasteiger partial charge >= 0.3 is 11.9 Å². The first-order valence-corrected chi connectivity index (χ1v) is 5.47. The fourth-order valence-electron chi connectivity index (χ4n) is 1.63. The largest absolute Gasteiger partial charge is 0.466 e. The maximum absolute atomic E-state index is 11.7. The molecule has 4 nitrogen and oxygen atoms in total. The van der Waals surface area contributed by atoms with E-state index in [2.05, 4.69) is 11.3 Å². The molecule has 0 aromatic heterocycles. The summed E-state index contributed by atoms with van der Waals surface area (Å²) in [5.74, 6) is -1.15. The molecular weight excluding hydrogens is 232 g/mol. The topological polar surface area (TPSA) is 52.6 Å². The molecule has 0 aliphatic rings. The molecule has 1 unspecified atom stereocenters. The summed E-state index contributed by atoms with van der Waals surface area (Å²) in [6.45, 7) is 6.91. The van der Waals surface area contributed by atoms with Gasteiger partial charge in [0, 0.05) is 12.5 Å². The third-order valence-corrected chi connectivity index (χ3v) is 2.40. The second kappa shape index (κ2) is 6.00. The van der Waals surface area contributed by atoms with Gasteiger partial charge in [0.1, 0.15) is 0 Å². The molecule has 0 amide bonds. The summed E-state index contributed by atoms with van der Waals surface area (Å²) in [7, 11) is 1.25. The van der Waals surface area contributed by atoms with E-state index in [1.54, 1.807) is 12.1 Å². The van der Waals surface area contributed by atoms with Crippen molar-refractivity contribution in [1.29, 1.82) is 0 Å². The number of carbonyl (C=O) groups excluding carboxylic acids is 2. The summed E-state index contributed by atoms with van der Waals surface area (Å²) in [6.07, 6.45) is -1.06. The van der Waals surface area contributed by atoms with Gasteiger partial charge in [-0.1, -0.05) is 36.4 Å². The zero-order valence-electron chi connectivity index (χ0n) is 10.7. The molecule has 0 heterocycles. The average Bonchev–Trinajstić information content (AvgIpc) is 2.34. The van der Waals surface area contributed by atoms with E-state index in [0.29, 0.717) is 5.56 Å². The minimum atomic E-state index is -1.06. The van der Waals surface area contributed by atoms with Gasteiger partial charge < -0.3 is 9.47 Å². The van der Waals surface area contributed by atoms with Crippen LogP contribution in [-0.2, 0) is 19.1 Å². The monoisotopic (exact) mass is 248 g/mol. The molecule has 1 atom stereocenters. The fraction of sp³-hybridized carbons (Fsp3) is 0.286. The van der Waals surface area contributed by atoms with E-state index in [-0.39, 0.29) is 0 Å². The molecule has 1 aromatic rings. The number of benzene rings is 1. The number of carbonyl (C=O) groups is 2. The highest BCUT2D eigenvalue weighted by atomic mass is 16.6. The molecule has 0 radical (unpaired) electrons. The van der Waals surface area contributed by atoms with Crippen LogP contribution >= 0.6 is 0 Å². The van der Waals surface area contributed by atoms with E-state index in [9.17, 15) is 9.59 Å². The summed E-state index contributed by atoms with van der Waals surface area (Å²) in [5, 5.41) is 0. The number of hydrogen-bond donors (Lipinski definition) is 0. The van der Waals surface area contributed by atoms with Crippen LogP contribution in [0.3, 0.4) is 0 Å². The lowest BCUT2D eigenvalue weighted by Gasteiger charge is -2.18. The number of ether oxygens (including phenoxy) is 2. The van der Waals surface area contributed by atoms with Crippen LogP contribution in [0.15, 0.2) is 30.8 Å². The summed E-state index contributed by atoms with van der Waals surface area (Å²) in [6, 6.07) is 7.13. The smallest absolute Gasteiger partial charge is 0.351 e. The Labute approximate surface area is 106 Å². The molecule has 0 N–H and O–H groups in total. The molecule has 4 heteroatoms. The molecule has 96 valence electrons. The van der Waals surface area contributed by atoms with Gasteiger partial charge in [0.15, 0.2) is 0 Å². The Bertz CT molecular complexity index is 476. The quantitative estimate of drug-likeness (QED) is 0.768. The zero-order valence-corrected chi connectivity index (χ0v) is 10.7. The van der Waals surface area contributed by atoms with Crippen molar-refractivity contribution in [2.75, 3.05) is 7.11 Å². The van der Waals surface area contributed by atoms with Crippen molar-refractivity contribution in [3.63, 3.8) is 0 Å². The lowest BCUT2D eigenvalue weighted by molar-refractivity contribution is -0.165. The molecule has 18 heavy (non-hydrogen) atoms. The van der Waals surface area contributed by atoms with Crippen LogP contribution in [0.5, 0.6) is 0 Å². The van der Waals surface area contributed by atoms with Crippen molar-refractivity contribution >= 4 is 17.5 Å². The first-order chi connectivity index (χ1) is 8.47. The SMILES string of the molecule is C=C(C)c1ccccc1C(OC(C)=O)C(=O)OC. The van der Waals surface area contributed by atoms with Crippen molar-refractivity contribution < 1.29 is 19.1 Å². The molecule has 0 aliphatic heterocycles. The van der Waals surface area contributed by atoms with Crippen LogP contribution in [0.4, 0.5) is 0 Å². The van der Waals surface area contributed by atoms with E-state index in [1.165, 1.54) is 14.0 Å². The van der Waals surface area contributed by atoms with Gasteiger partial charge in [-0.25, -0.2) is 4.79 Å². The van der Waals surface area contributed by atoms with Crippen molar-refractivity contribution in [3.8, 4) is 0 Å². The van der Waals surface area contributed by atoms with Crippen molar-refractivity contribution in [2.24, 2.45) is 0 Å². The second-order valence-corrected chi connectivity index (χ2v) is 3.88. The zero-order chi connectivity index (χ0) is 13.7. The van der Waals surface area contributed by atoms with Gasteiger partial charge in [-0.05, 0) is 12.5 Å². The Kier molecular flexibility index (Phi) is 4.66. The van der Waals surface area contributed by atoms with E-state index in [0.717, 1.165) is 11.1 Å². The van der Waals surface area contributed by atoms with Gasteiger partial charge in [0.05, 0.1) is 7.11 Å². The Morgan fingerprint density at radius 3 is 2.33 bits per heavy atom. The van der Waals surface area contributed by atoms with Crippen LogP contribution in [-0.4, -0.2) is 19.0 Å². The van der Waals surface area contributed by atoms with E-state index in [1.807, 2.05) is 19.1 Å². The third-order valence-electron chi connectivity index (χ3n) is 2.40. The summed E-state index contributed by atoms with van der Waals surface area (Å²) in [4.78, 5) is 22.8. The van der Waals surface area contributed by atoms with Crippen LogP contribution in [0.1, 0.15) is 31.1 Å². The first-order valence-electron chi connectivity index (χ1n) is 5.47.